The maximum atomic E-state index is 12.6. The number of amides is 1. The van der Waals surface area contributed by atoms with Gasteiger partial charge < -0.3 is 14.8 Å². The van der Waals surface area contributed by atoms with E-state index in [1.54, 1.807) is 0 Å². The van der Waals surface area contributed by atoms with E-state index in [1.165, 1.54) is 11.3 Å². The number of H-pyrrole nitrogens is 1. The number of ether oxygens (including phenoxy) is 2. The van der Waals surface area contributed by atoms with E-state index in [1.807, 2.05) is 19.2 Å². The number of rotatable bonds is 5. The molecule has 1 spiro atoms. The number of nitrogens with zero attached hydrogens (tertiary/aromatic N) is 2. The van der Waals surface area contributed by atoms with Crippen LogP contribution in [0.15, 0.2) is 5.38 Å². The van der Waals surface area contributed by atoms with Crippen LogP contribution in [0.2, 0.25) is 0 Å². The van der Waals surface area contributed by atoms with E-state index < -0.39 is 0 Å². The van der Waals surface area contributed by atoms with E-state index in [9.17, 15) is 9.59 Å². The lowest BCUT2D eigenvalue weighted by atomic mass is 9.74. The number of aromatic nitrogens is 3. The molecular weight excluding hydrogens is 392 g/mol. The third kappa shape index (κ3) is 4.20. The molecule has 8 nitrogen and oxygen atoms in total. The first kappa shape index (κ1) is 20.0. The Labute approximate surface area is 173 Å². The summed E-state index contributed by atoms with van der Waals surface area (Å²) in [6.07, 6.45) is 3.79. The summed E-state index contributed by atoms with van der Waals surface area (Å²) in [4.78, 5) is 28.8. The van der Waals surface area contributed by atoms with Crippen molar-refractivity contribution < 1.29 is 19.1 Å². The van der Waals surface area contributed by atoms with E-state index in [-0.39, 0.29) is 23.4 Å². The van der Waals surface area contributed by atoms with E-state index in [0.717, 1.165) is 42.8 Å². The van der Waals surface area contributed by atoms with Crippen molar-refractivity contribution in [3.63, 3.8) is 0 Å². The molecule has 4 rings (SSSR count). The van der Waals surface area contributed by atoms with Crippen LogP contribution in [0.25, 0.3) is 0 Å². The first-order valence-corrected chi connectivity index (χ1v) is 10.9. The third-order valence-electron chi connectivity index (χ3n) is 5.77. The second kappa shape index (κ2) is 8.23. The van der Waals surface area contributed by atoms with Crippen molar-refractivity contribution in [3.05, 3.63) is 33.0 Å². The first-order chi connectivity index (χ1) is 14.0. The highest BCUT2D eigenvalue weighted by Gasteiger charge is 2.41. The zero-order valence-electron chi connectivity index (χ0n) is 16.7. The normalized spacial score (nSPS) is 24.1. The van der Waals surface area contributed by atoms with E-state index in [0.29, 0.717) is 36.8 Å². The van der Waals surface area contributed by atoms with Crippen LogP contribution in [0.5, 0.6) is 0 Å². The summed E-state index contributed by atoms with van der Waals surface area (Å²) in [6.45, 7) is 5.39. The van der Waals surface area contributed by atoms with Gasteiger partial charge in [-0.3, -0.25) is 9.89 Å². The molecule has 29 heavy (non-hydrogen) atoms. The number of nitrogens with one attached hydrogen (secondary N) is 2. The monoisotopic (exact) mass is 418 g/mol. The molecule has 1 amide bonds. The van der Waals surface area contributed by atoms with Crippen LogP contribution in [0.4, 0.5) is 0 Å². The smallest absolute Gasteiger partial charge is 0.367 e. The Morgan fingerprint density at radius 1 is 1.48 bits per heavy atom. The molecule has 0 radical (unpaired) electrons. The Hall–Kier alpha value is -2.26. The number of esters is 1. The van der Waals surface area contributed by atoms with Crippen LogP contribution in [-0.2, 0) is 22.3 Å². The fourth-order valence-corrected chi connectivity index (χ4v) is 4.94. The topological polar surface area (TPSA) is 106 Å². The lowest BCUT2D eigenvalue weighted by Crippen LogP contribution is -2.44. The summed E-state index contributed by atoms with van der Waals surface area (Å²) in [5.41, 5.74) is 3.20. The molecule has 4 heterocycles. The zero-order valence-corrected chi connectivity index (χ0v) is 17.6. The molecule has 2 N–H and O–H groups in total. The van der Waals surface area contributed by atoms with Crippen LogP contribution >= 0.6 is 11.3 Å². The van der Waals surface area contributed by atoms with Crippen molar-refractivity contribution in [2.45, 2.75) is 52.1 Å². The molecule has 2 atom stereocenters. The van der Waals surface area contributed by atoms with Gasteiger partial charge >= 0.3 is 5.97 Å². The number of aromatic amines is 1. The molecule has 9 heteroatoms. The number of carbonyl (C=O) groups is 2. The molecule has 2 aromatic rings. The summed E-state index contributed by atoms with van der Waals surface area (Å²) in [5.74, 6) is -0.428. The molecule has 2 aliphatic heterocycles. The van der Waals surface area contributed by atoms with Gasteiger partial charge in [0, 0.05) is 36.3 Å². The standard InChI is InChI=1S/C20H26N4O4S/c1-3-14-16-15(24-23-14)9-20(11-21-17(16)25)5-7-27-13(8-20)4-6-28-19(26)18-22-12(2)10-29-18/h10,13H,3-9,11H2,1-2H3,(H,21,25)(H,23,24). The van der Waals surface area contributed by atoms with Crippen molar-refractivity contribution in [1.29, 1.82) is 0 Å². The molecule has 2 aromatic heterocycles. The highest BCUT2D eigenvalue weighted by molar-refractivity contribution is 7.11. The van der Waals surface area contributed by atoms with Crippen molar-refractivity contribution in [1.82, 2.24) is 20.5 Å². The summed E-state index contributed by atoms with van der Waals surface area (Å²) < 4.78 is 11.3. The van der Waals surface area contributed by atoms with Gasteiger partial charge in [-0.25, -0.2) is 9.78 Å². The van der Waals surface area contributed by atoms with Crippen molar-refractivity contribution >= 4 is 23.2 Å². The lowest BCUT2D eigenvalue weighted by molar-refractivity contribution is -0.0575. The largest absolute Gasteiger partial charge is 0.460 e. The van der Waals surface area contributed by atoms with Crippen LogP contribution in [0.3, 0.4) is 0 Å². The molecule has 1 fully saturated rings. The summed E-state index contributed by atoms with van der Waals surface area (Å²) in [5, 5.41) is 12.7. The maximum absolute atomic E-state index is 12.6. The minimum Gasteiger partial charge on any atom is -0.460 e. The number of hydrogen-bond acceptors (Lipinski definition) is 7. The average Bonchev–Trinajstić information content (AvgIpc) is 3.29. The van der Waals surface area contributed by atoms with Gasteiger partial charge in [0.1, 0.15) is 0 Å². The van der Waals surface area contributed by atoms with Crippen molar-refractivity contribution in [2.75, 3.05) is 19.8 Å². The highest BCUT2D eigenvalue weighted by Crippen LogP contribution is 2.39. The van der Waals surface area contributed by atoms with E-state index >= 15 is 0 Å². The predicted octanol–water partition coefficient (Wildman–Crippen LogP) is 2.44. The molecule has 156 valence electrons. The second-order valence-electron chi connectivity index (χ2n) is 7.90. The number of aryl methyl sites for hydroxylation is 2. The average molecular weight is 419 g/mol. The van der Waals surface area contributed by atoms with Crippen molar-refractivity contribution in [3.8, 4) is 0 Å². The number of carbonyl (C=O) groups excluding carboxylic acids is 2. The molecule has 1 saturated heterocycles. The first-order valence-electron chi connectivity index (χ1n) is 10.0. The number of hydrogen-bond donors (Lipinski definition) is 2. The molecule has 0 saturated carbocycles. The van der Waals surface area contributed by atoms with Gasteiger partial charge in [-0.15, -0.1) is 11.3 Å². The summed E-state index contributed by atoms with van der Waals surface area (Å²) in [6, 6.07) is 0. The van der Waals surface area contributed by atoms with Crippen LogP contribution in [0, 0.1) is 12.3 Å². The van der Waals surface area contributed by atoms with Crippen LogP contribution in [0.1, 0.15) is 63.4 Å². The number of fused-ring (bicyclic) bond motifs is 1. The Kier molecular flexibility index (Phi) is 5.69. The highest BCUT2D eigenvalue weighted by atomic mass is 32.1. The predicted molar refractivity (Wildman–Crippen MR) is 107 cm³/mol. The fourth-order valence-electron chi connectivity index (χ4n) is 4.25. The Morgan fingerprint density at radius 2 is 2.34 bits per heavy atom. The van der Waals surface area contributed by atoms with Crippen molar-refractivity contribution in [2.24, 2.45) is 5.41 Å². The second-order valence-corrected chi connectivity index (χ2v) is 8.76. The molecule has 2 unspecified atom stereocenters. The van der Waals surface area contributed by atoms with Gasteiger partial charge in [0.05, 0.1) is 24.0 Å². The van der Waals surface area contributed by atoms with E-state index in [2.05, 4.69) is 20.5 Å². The minimum atomic E-state index is -0.385. The molecule has 0 aromatic carbocycles. The van der Waals surface area contributed by atoms with Gasteiger partial charge in [-0.1, -0.05) is 6.92 Å². The zero-order chi connectivity index (χ0) is 20.4. The maximum Gasteiger partial charge on any atom is 0.367 e. The van der Waals surface area contributed by atoms with Gasteiger partial charge in [0.2, 0.25) is 5.01 Å². The summed E-state index contributed by atoms with van der Waals surface area (Å²) >= 11 is 1.29. The quantitative estimate of drug-likeness (QED) is 0.723. The third-order valence-corrected chi connectivity index (χ3v) is 6.71. The SMILES string of the molecule is CCc1n[nH]c2c1C(=O)NCC1(CCOC(CCOC(=O)c3nc(C)cs3)C1)C2. The Morgan fingerprint density at radius 3 is 3.10 bits per heavy atom. The van der Waals surface area contributed by atoms with Crippen LogP contribution in [-0.4, -0.2) is 52.9 Å². The Balaban J connectivity index is 1.37. The van der Waals surface area contributed by atoms with E-state index in [4.69, 9.17) is 9.47 Å². The molecule has 0 aliphatic carbocycles. The number of thiazole rings is 1. The van der Waals surface area contributed by atoms with Gasteiger partial charge in [0.15, 0.2) is 0 Å². The molecule has 0 bridgehead atoms. The van der Waals surface area contributed by atoms with Gasteiger partial charge in [0.25, 0.3) is 5.91 Å². The molecular formula is C20H26N4O4S. The summed E-state index contributed by atoms with van der Waals surface area (Å²) in [7, 11) is 0. The fraction of sp³-hybridized carbons (Fsp3) is 0.600. The lowest BCUT2D eigenvalue weighted by Gasteiger charge is -2.40. The molecule has 2 aliphatic rings. The van der Waals surface area contributed by atoms with Gasteiger partial charge in [-0.2, -0.15) is 5.10 Å². The Bertz CT molecular complexity index is 908. The minimum absolute atomic E-state index is 0.0124. The van der Waals surface area contributed by atoms with Gasteiger partial charge in [-0.05, 0) is 38.0 Å². The van der Waals surface area contributed by atoms with Crippen LogP contribution < -0.4 is 5.32 Å².